The molecule has 0 amide bonds. The number of rotatable bonds is 4. The lowest BCUT2D eigenvalue weighted by Gasteiger charge is -2.09. The molecule has 3 rings (SSSR count). The van der Waals surface area contributed by atoms with Crippen molar-refractivity contribution < 1.29 is 4.42 Å². The number of anilines is 1. The van der Waals surface area contributed by atoms with Gasteiger partial charge in [0.2, 0.25) is 12.3 Å². The van der Waals surface area contributed by atoms with Gasteiger partial charge in [-0.1, -0.05) is 23.2 Å². The van der Waals surface area contributed by atoms with Gasteiger partial charge in [-0.15, -0.1) is 10.2 Å². The van der Waals surface area contributed by atoms with Crippen LogP contribution in [0.1, 0.15) is 5.56 Å². The molecule has 0 aliphatic carbocycles. The summed E-state index contributed by atoms with van der Waals surface area (Å²) in [6, 6.07) is 13.1. The van der Waals surface area contributed by atoms with Crippen molar-refractivity contribution in [3.63, 3.8) is 0 Å². The molecule has 0 aliphatic heterocycles. The Balaban J connectivity index is 1.70. The third-order valence-electron chi connectivity index (χ3n) is 2.98. The normalized spacial score (nSPS) is 10.6. The standard InChI is InChI=1S/C15H11Cl2N3O/c16-12-3-6-14(17)11(7-12)8-18-13-4-1-10(2-5-13)15-20-19-9-21-15/h1-7,9,18H,8H2. The highest BCUT2D eigenvalue weighted by molar-refractivity contribution is 6.33. The number of hydrogen-bond acceptors (Lipinski definition) is 4. The summed E-state index contributed by atoms with van der Waals surface area (Å²) >= 11 is 12.1. The van der Waals surface area contributed by atoms with Crippen LogP contribution in [-0.4, -0.2) is 10.2 Å². The molecule has 0 aliphatic rings. The highest BCUT2D eigenvalue weighted by Crippen LogP contribution is 2.23. The molecule has 106 valence electrons. The van der Waals surface area contributed by atoms with Crippen LogP contribution in [0.2, 0.25) is 10.0 Å². The average Bonchev–Trinajstić information content (AvgIpc) is 3.03. The second-order valence-electron chi connectivity index (χ2n) is 4.41. The molecule has 0 spiro atoms. The largest absolute Gasteiger partial charge is 0.423 e. The number of nitrogens with zero attached hydrogens (tertiary/aromatic N) is 2. The minimum atomic E-state index is 0.499. The molecule has 1 N–H and O–H groups in total. The van der Waals surface area contributed by atoms with E-state index >= 15 is 0 Å². The molecule has 0 bridgehead atoms. The first-order chi connectivity index (χ1) is 10.2. The molecule has 2 aromatic carbocycles. The molecule has 0 unspecified atom stereocenters. The van der Waals surface area contributed by atoms with Crippen molar-refractivity contribution in [2.24, 2.45) is 0 Å². The van der Waals surface area contributed by atoms with Crippen molar-refractivity contribution in [2.45, 2.75) is 6.54 Å². The molecule has 0 saturated heterocycles. The van der Waals surface area contributed by atoms with E-state index in [-0.39, 0.29) is 0 Å². The Bertz CT molecular complexity index is 727. The first-order valence-electron chi connectivity index (χ1n) is 6.27. The quantitative estimate of drug-likeness (QED) is 0.760. The zero-order valence-corrected chi connectivity index (χ0v) is 12.4. The lowest BCUT2D eigenvalue weighted by Crippen LogP contribution is -2.00. The monoisotopic (exact) mass is 319 g/mol. The fraction of sp³-hybridized carbons (Fsp3) is 0.0667. The van der Waals surface area contributed by atoms with E-state index in [1.807, 2.05) is 30.3 Å². The van der Waals surface area contributed by atoms with Crippen molar-refractivity contribution in [3.05, 3.63) is 64.5 Å². The van der Waals surface area contributed by atoms with Crippen LogP contribution in [0.3, 0.4) is 0 Å². The lowest BCUT2D eigenvalue weighted by molar-refractivity contribution is 0.568. The van der Waals surface area contributed by atoms with E-state index in [1.54, 1.807) is 12.1 Å². The van der Waals surface area contributed by atoms with E-state index in [9.17, 15) is 0 Å². The Hall–Kier alpha value is -2.04. The summed E-state index contributed by atoms with van der Waals surface area (Å²) in [5, 5.41) is 12.2. The Kier molecular flexibility index (Phi) is 4.08. The maximum atomic E-state index is 6.13. The molecule has 1 aromatic heterocycles. The maximum Gasteiger partial charge on any atom is 0.247 e. The van der Waals surface area contributed by atoms with Gasteiger partial charge < -0.3 is 9.73 Å². The van der Waals surface area contributed by atoms with Crippen LogP contribution in [0.5, 0.6) is 0 Å². The minimum Gasteiger partial charge on any atom is -0.423 e. The van der Waals surface area contributed by atoms with Crippen LogP contribution >= 0.6 is 23.2 Å². The smallest absolute Gasteiger partial charge is 0.247 e. The first-order valence-corrected chi connectivity index (χ1v) is 7.02. The summed E-state index contributed by atoms with van der Waals surface area (Å²) in [6.07, 6.45) is 1.31. The predicted octanol–water partition coefficient (Wildman–Crippen LogP) is 4.66. The molecule has 0 fully saturated rings. The van der Waals surface area contributed by atoms with Crippen LogP contribution in [0, 0.1) is 0 Å². The number of hydrogen-bond donors (Lipinski definition) is 1. The minimum absolute atomic E-state index is 0.499. The zero-order chi connectivity index (χ0) is 14.7. The number of aromatic nitrogens is 2. The number of benzene rings is 2. The van der Waals surface area contributed by atoms with Gasteiger partial charge in [0.25, 0.3) is 0 Å². The third-order valence-corrected chi connectivity index (χ3v) is 3.59. The van der Waals surface area contributed by atoms with Crippen LogP contribution in [0.15, 0.2) is 53.3 Å². The Morgan fingerprint density at radius 2 is 1.86 bits per heavy atom. The second kappa shape index (κ2) is 6.16. The van der Waals surface area contributed by atoms with Gasteiger partial charge in [0.1, 0.15) is 0 Å². The van der Waals surface area contributed by atoms with E-state index in [0.717, 1.165) is 16.8 Å². The second-order valence-corrected chi connectivity index (χ2v) is 5.25. The predicted molar refractivity (Wildman–Crippen MR) is 83.5 cm³/mol. The molecule has 0 radical (unpaired) electrons. The number of nitrogens with one attached hydrogen (secondary N) is 1. The van der Waals surface area contributed by atoms with Gasteiger partial charge in [-0.05, 0) is 48.0 Å². The van der Waals surface area contributed by atoms with Crippen molar-refractivity contribution in [1.82, 2.24) is 10.2 Å². The summed E-state index contributed by atoms with van der Waals surface area (Å²) in [4.78, 5) is 0. The summed E-state index contributed by atoms with van der Waals surface area (Å²) in [5.74, 6) is 0.499. The summed E-state index contributed by atoms with van der Waals surface area (Å²) in [5.41, 5.74) is 2.79. The molecule has 3 aromatic rings. The van der Waals surface area contributed by atoms with Crippen molar-refractivity contribution >= 4 is 28.9 Å². The van der Waals surface area contributed by atoms with Crippen molar-refractivity contribution in [3.8, 4) is 11.5 Å². The fourth-order valence-corrected chi connectivity index (χ4v) is 2.28. The van der Waals surface area contributed by atoms with Gasteiger partial charge in [0, 0.05) is 27.8 Å². The Morgan fingerprint density at radius 1 is 1.05 bits per heavy atom. The topological polar surface area (TPSA) is 51.0 Å². The van der Waals surface area contributed by atoms with E-state index in [1.165, 1.54) is 6.39 Å². The SMILES string of the molecule is Clc1ccc(Cl)c(CNc2ccc(-c3nnco3)cc2)c1. The van der Waals surface area contributed by atoms with Gasteiger partial charge in [-0.25, -0.2) is 0 Å². The highest BCUT2D eigenvalue weighted by atomic mass is 35.5. The third kappa shape index (κ3) is 3.35. The average molecular weight is 320 g/mol. The van der Waals surface area contributed by atoms with Crippen LogP contribution in [-0.2, 0) is 6.54 Å². The molecule has 1 heterocycles. The molecule has 0 atom stereocenters. The first kappa shape index (κ1) is 13.9. The summed E-state index contributed by atoms with van der Waals surface area (Å²) in [6.45, 7) is 0.597. The van der Waals surface area contributed by atoms with Gasteiger partial charge in [-0.2, -0.15) is 0 Å². The summed E-state index contributed by atoms with van der Waals surface area (Å²) in [7, 11) is 0. The van der Waals surface area contributed by atoms with Gasteiger partial charge in [-0.3, -0.25) is 0 Å². The van der Waals surface area contributed by atoms with Crippen molar-refractivity contribution in [1.29, 1.82) is 0 Å². The van der Waals surface area contributed by atoms with E-state index in [2.05, 4.69) is 15.5 Å². The molecule has 0 saturated carbocycles. The van der Waals surface area contributed by atoms with Crippen LogP contribution in [0.25, 0.3) is 11.5 Å². The molecular weight excluding hydrogens is 309 g/mol. The molecule has 6 heteroatoms. The van der Waals surface area contributed by atoms with E-state index < -0.39 is 0 Å². The van der Waals surface area contributed by atoms with Crippen LogP contribution < -0.4 is 5.32 Å². The fourth-order valence-electron chi connectivity index (χ4n) is 1.91. The number of halogens is 2. The van der Waals surface area contributed by atoms with Gasteiger partial charge in [0.05, 0.1) is 0 Å². The molecule has 4 nitrogen and oxygen atoms in total. The van der Waals surface area contributed by atoms with Crippen molar-refractivity contribution in [2.75, 3.05) is 5.32 Å². The van der Waals surface area contributed by atoms with Crippen LogP contribution in [0.4, 0.5) is 5.69 Å². The molecule has 21 heavy (non-hydrogen) atoms. The highest BCUT2D eigenvalue weighted by Gasteiger charge is 2.04. The Labute approximate surface area is 131 Å². The van der Waals surface area contributed by atoms with Gasteiger partial charge >= 0.3 is 0 Å². The zero-order valence-electron chi connectivity index (χ0n) is 10.9. The van der Waals surface area contributed by atoms with E-state index in [4.69, 9.17) is 27.6 Å². The molecular formula is C15H11Cl2N3O. The Morgan fingerprint density at radius 3 is 2.57 bits per heavy atom. The van der Waals surface area contributed by atoms with Gasteiger partial charge in [0.15, 0.2) is 0 Å². The summed E-state index contributed by atoms with van der Waals surface area (Å²) < 4.78 is 5.14. The lowest BCUT2D eigenvalue weighted by atomic mass is 10.2. The maximum absolute atomic E-state index is 6.13. The van der Waals surface area contributed by atoms with E-state index in [0.29, 0.717) is 22.5 Å².